The van der Waals surface area contributed by atoms with Crippen LogP contribution in [0.25, 0.3) is 0 Å². The zero-order chi connectivity index (χ0) is 9.68. The predicted octanol–water partition coefficient (Wildman–Crippen LogP) is 1.40. The van der Waals surface area contributed by atoms with Crippen LogP contribution in [0.3, 0.4) is 0 Å². The lowest BCUT2D eigenvalue weighted by Gasteiger charge is -2.07. The van der Waals surface area contributed by atoms with E-state index in [1.165, 1.54) is 12.3 Å². The highest BCUT2D eigenvalue weighted by Gasteiger charge is 1.97. The lowest BCUT2D eigenvalue weighted by Crippen LogP contribution is -2.09. The van der Waals surface area contributed by atoms with Crippen molar-refractivity contribution in [1.82, 2.24) is 4.98 Å². The first-order valence-electron chi connectivity index (χ1n) is 4.22. The summed E-state index contributed by atoms with van der Waals surface area (Å²) in [5, 5.41) is 11.9. The van der Waals surface area contributed by atoms with Gasteiger partial charge in [0.05, 0.1) is 6.10 Å². The van der Waals surface area contributed by atoms with E-state index in [2.05, 4.69) is 10.3 Å². The molecule has 1 heterocycles. The topological polar surface area (TPSA) is 45.1 Å². The largest absolute Gasteiger partial charge is 0.393 e. The Morgan fingerprint density at radius 1 is 1.69 bits per heavy atom. The number of rotatable bonds is 4. The van der Waals surface area contributed by atoms with E-state index in [9.17, 15) is 4.39 Å². The number of nitrogens with zero attached hydrogens (tertiary/aromatic N) is 1. The first kappa shape index (κ1) is 9.92. The zero-order valence-corrected chi connectivity index (χ0v) is 7.50. The second-order valence-electron chi connectivity index (χ2n) is 2.93. The lowest BCUT2D eigenvalue weighted by atomic mass is 10.3. The third-order valence-electron chi connectivity index (χ3n) is 1.62. The summed E-state index contributed by atoms with van der Waals surface area (Å²) in [6.07, 6.45) is 1.71. The molecule has 0 aliphatic carbocycles. The van der Waals surface area contributed by atoms with Crippen molar-refractivity contribution >= 4 is 5.69 Å². The Bertz CT molecular complexity index is 266. The Balaban J connectivity index is 2.37. The smallest absolute Gasteiger partial charge is 0.214 e. The fraction of sp³-hybridized carbons (Fsp3) is 0.444. The maximum atomic E-state index is 12.6. The number of aliphatic hydroxyl groups excluding tert-OH is 1. The van der Waals surface area contributed by atoms with Crippen LogP contribution in [-0.4, -0.2) is 22.7 Å². The van der Waals surface area contributed by atoms with Crippen LogP contribution in [0.1, 0.15) is 13.3 Å². The van der Waals surface area contributed by atoms with Crippen LogP contribution in [0.4, 0.5) is 10.1 Å². The molecule has 72 valence electrons. The molecule has 0 bridgehead atoms. The van der Waals surface area contributed by atoms with Crippen LogP contribution >= 0.6 is 0 Å². The Labute approximate surface area is 76.6 Å². The Morgan fingerprint density at radius 3 is 3.08 bits per heavy atom. The second kappa shape index (κ2) is 4.77. The Kier molecular flexibility index (Phi) is 3.64. The Hall–Kier alpha value is -1.16. The molecule has 0 saturated heterocycles. The average Bonchev–Trinajstić information content (AvgIpc) is 2.03. The van der Waals surface area contributed by atoms with Gasteiger partial charge >= 0.3 is 0 Å². The third-order valence-corrected chi connectivity index (χ3v) is 1.62. The van der Waals surface area contributed by atoms with Gasteiger partial charge in [0.25, 0.3) is 0 Å². The van der Waals surface area contributed by atoms with Gasteiger partial charge in [-0.1, -0.05) is 0 Å². The van der Waals surface area contributed by atoms with Gasteiger partial charge in [-0.2, -0.15) is 4.39 Å². The van der Waals surface area contributed by atoms with Crippen molar-refractivity contribution in [2.45, 2.75) is 19.4 Å². The molecule has 0 amide bonds. The summed E-state index contributed by atoms with van der Waals surface area (Å²) in [4.78, 5) is 3.43. The predicted molar refractivity (Wildman–Crippen MR) is 49.0 cm³/mol. The van der Waals surface area contributed by atoms with Crippen LogP contribution in [0, 0.1) is 5.95 Å². The molecule has 4 heteroatoms. The summed E-state index contributed by atoms with van der Waals surface area (Å²) in [5.41, 5.74) is 0.688. The van der Waals surface area contributed by atoms with E-state index in [4.69, 9.17) is 5.11 Å². The monoisotopic (exact) mass is 184 g/mol. The average molecular weight is 184 g/mol. The minimum Gasteiger partial charge on any atom is -0.393 e. The second-order valence-corrected chi connectivity index (χ2v) is 2.93. The summed E-state index contributed by atoms with van der Waals surface area (Å²) in [7, 11) is 0. The van der Waals surface area contributed by atoms with Crippen molar-refractivity contribution in [3.63, 3.8) is 0 Å². The number of pyridine rings is 1. The van der Waals surface area contributed by atoms with Gasteiger partial charge in [0, 0.05) is 24.5 Å². The summed E-state index contributed by atoms with van der Waals surface area (Å²) < 4.78 is 12.6. The van der Waals surface area contributed by atoms with Crippen LogP contribution in [0.15, 0.2) is 18.3 Å². The van der Waals surface area contributed by atoms with Gasteiger partial charge in [0.1, 0.15) is 0 Å². The van der Waals surface area contributed by atoms with Crippen LogP contribution in [0.5, 0.6) is 0 Å². The maximum absolute atomic E-state index is 12.6. The zero-order valence-electron chi connectivity index (χ0n) is 7.50. The van der Waals surface area contributed by atoms with Gasteiger partial charge < -0.3 is 10.4 Å². The van der Waals surface area contributed by atoms with Crippen LogP contribution < -0.4 is 5.32 Å². The summed E-state index contributed by atoms with van der Waals surface area (Å²) >= 11 is 0. The summed E-state index contributed by atoms with van der Waals surface area (Å²) in [5.74, 6) is -0.498. The van der Waals surface area contributed by atoms with Gasteiger partial charge in [-0.25, -0.2) is 4.98 Å². The molecule has 1 rings (SSSR count). The van der Waals surface area contributed by atoms with Gasteiger partial charge in [0.15, 0.2) is 0 Å². The van der Waals surface area contributed by atoms with E-state index in [1.54, 1.807) is 13.0 Å². The van der Waals surface area contributed by atoms with E-state index in [1.807, 2.05) is 0 Å². The van der Waals surface area contributed by atoms with Gasteiger partial charge in [-0.15, -0.1) is 0 Å². The minimum atomic E-state index is -0.498. The molecular weight excluding hydrogens is 171 g/mol. The first-order valence-corrected chi connectivity index (χ1v) is 4.22. The van der Waals surface area contributed by atoms with Crippen molar-refractivity contribution in [2.24, 2.45) is 0 Å². The van der Waals surface area contributed by atoms with Crippen LogP contribution in [-0.2, 0) is 0 Å². The van der Waals surface area contributed by atoms with Crippen molar-refractivity contribution in [1.29, 1.82) is 0 Å². The lowest BCUT2D eigenvalue weighted by molar-refractivity contribution is 0.189. The standard InChI is InChI=1S/C9H13FN2O/c1-7(13)2-4-11-8-3-5-12-9(10)6-8/h3,5-7,13H,2,4H2,1H3,(H,11,12). The van der Waals surface area contributed by atoms with Gasteiger partial charge in [-0.3, -0.25) is 0 Å². The van der Waals surface area contributed by atoms with Crippen molar-refractivity contribution in [3.8, 4) is 0 Å². The summed E-state index contributed by atoms with van der Waals surface area (Å²) in [6.45, 7) is 2.34. The number of hydrogen-bond acceptors (Lipinski definition) is 3. The third kappa shape index (κ3) is 3.85. The number of nitrogens with one attached hydrogen (secondary N) is 1. The molecule has 1 unspecified atom stereocenters. The van der Waals surface area contributed by atoms with E-state index < -0.39 is 5.95 Å². The first-order chi connectivity index (χ1) is 6.18. The number of anilines is 1. The molecule has 0 spiro atoms. The van der Waals surface area contributed by atoms with Gasteiger partial charge in [-0.05, 0) is 19.4 Å². The number of hydrogen-bond donors (Lipinski definition) is 2. The molecule has 13 heavy (non-hydrogen) atoms. The minimum absolute atomic E-state index is 0.334. The van der Waals surface area contributed by atoms with Crippen molar-refractivity contribution in [3.05, 3.63) is 24.3 Å². The molecule has 0 aliphatic rings. The van der Waals surface area contributed by atoms with Crippen molar-refractivity contribution < 1.29 is 9.50 Å². The van der Waals surface area contributed by atoms with E-state index in [-0.39, 0.29) is 6.10 Å². The maximum Gasteiger partial charge on any atom is 0.214 e. The fourth-order valence-electron chi connectivity index (χ4n) is 0.938. The van der Waals surface area contributed by atoms with Crippen molar-refractivity contribution in [2.75, 3.05) is 11.9 Å². The molecule has 0 radical (unpaired) electrons. The van der Waals surface area contributed by atoms with Crippen LogP contribution in [0.2, 0.25) is 0 Å². The van der Waals surface area contributed by atoms with E-state index >= 15 is 0 Å². The normalized spacial score (nSPS) is 12.5. The molecule has 0 saturated carbocycles. The van der Waals surface area contributed by atoms with E-state index in [0.717, 1.165) is 0 Å². The molecular formula is C9H13FN2O. The quantitative estimate of drug-likeness (QED) is 0.695. The highest BCUT2D eigenvalue weighted by Crippen LogP contribution is 2.06. The molecule has 1 aromatic heterocycles. The fourth-order valence-corrected chi connectivity index (χ4v) is 0.938. The number of halogens is 1. The molecule has 2 N–H and O–H groups in total. The molecule has 1 aromatic rings. The number of aromatic nitrogens is 1. The highest BCUT2D eigenvalue weighted by atomic mass is 19.1. The molecule has 0 fully saturated rings. The summed E-state index contributed by atoms with van der Waals surface area (Å²) in [6, 6.07) is 3.01. The van der Waals surface area contributed by atoms with E-state index in [0.29, 0.717) is 18.7 Å². The Morgan fingerprint density at radius 2 is 2.46 bits per heavy atom. The molecule has 1 atom stereocenters. The number of aliphatic hydroxyl groups is 1. The SMILES string of the molecule is CC(O)CCNc1ccnc(F)c1. The highest BCUT2D eigenvalue weighted by molar-refractivity contribution is 5.40. The molecule has 0 aromatic carbocycles. The molecule has 3 nitrogen and oxygen atoms in total. The molecule has 0 aliphatic heterocycles. The van der Waals surface area contributed by atoms with Gasteiger partial charge in [0.2, 0.25) is 5.95 Å².